The van der Waals surface area contributed by atoms with Gasteiger partial charge in [0.15, 0.2) is 0 Å². The Hall–Kier alpha value is -2.49. The second-order valence-electron chi connectivity index (χ2n) is 4.64. The third kappa shape index (κ3) is 3.34. The van der Waals surface area contributed by atoms with Crippen LogP contribution in [0.5, 0.6) is 11.5 Å². The van der Waals surface area contributed by atoms with E-state index < -0.39 is 0 Å². The van der Waals surface area contributed by atoms with Crippen molar-refractivity contribution in [1.29, 1.82) is 0 Å². The van der Waals surface area contributed by atoms with E-state index >= 15 is 0 Å². The van der Waals surface area contributed by atoms with E-state index in [1.165, 1.54) is 0 Å². The summed E-state index contributed by atoms with van der Waals surface area (Å²) in [5.74, 6) is 1.14. The van der Waals surface area contributed by atoms with E-state index in [4.69, 9.17) is 9.47 Å². The maximum absolute atomic E-state index is 12.4. The number of para-hydroxylation sites is 2. The summed E-state index contributed by atoms with van der Waals surface area (Å²) in [6, 6.07) is 14.6. The lowest BCUT2D eigenvalue weighted by Crippen LogP contribution is -2.27. The molecule has 0 aromatic heterocycles. The molecular formula is C17H19NO3. The highest BCUT2D eigenvalue weighted by atomic mass is 16.5. The summed E-state index contributed by atoms with van der Waals surface area (Å²) in [4.78, 5) is 12.4. The molecule has 0 spiro atoms. The molecule has 1 unspecified atom stereocenters. The Morgan fingerprint density at radius 1 is 0.952 bits per heavy atom. The Labute approximate surface area is 124 Å². The van der Waals surface area contributed by atoms with Crippen LogP contribution in [-0.4, -0.2) is 20.1 Å². The van der Waals surface area contributed by atoms with Crippen LogP contribution in [0.2, 0.25) is 0 Å². The summed E-state index contributed by atoms with van der Waals surface area (Å²) < 4.78 is 10.5. The largest absolute Gasteiger partial charge is 0.496 e. The standard InChI is InChI=1S/C17H19NO3/c1-12(13-8-4-6-10-15(13)20-2)18-17(19)14-9-5-7-11-16(14)21-3/h4-12H,1-3H3,(H,18,19). The fourth-order valence-corrected chi connectivity index (χ4v) is 2.21. The molecule has 1 amide bonds. The van der Waals surface area contributed by atoms with E-state index in [-0.39, 0.29) is 11.9 Å². The van der Waals surface area contributed by atoms with Crippen LogP contribution >= 0.6 is 0 Å². The fraction of sp³-hybridized carbons (Fsp3) is 0.235. The second kappa shape index (κ2) is 6.79. The van der Waals surface area contributed by atoms with Crippen molar-refractivity contribution in [2.45, 2.75) is 13.0 Å². The second-order valence-corrected chi connectivity index (χ2v) is 4.64. The number of hydrogen-bond donors (Lipinski definition) is 1. The minimum absolute atomic E-state index is 0.168. The molecule has 110 valence electrons. The van der Waals surface area contributed by atoms with Gasteiger partial charge in [-0.2, -0.15) is 0 Å². The van der Waals surface area contributed by atoms with Crippen LogP contribution in [-0.2, 0) is 0 Å². The molecule has 1 N–H and O–H groups in total. The van der Waals surface area contributed by atoms with Gasteiger partial charge < -0.3 is 14.8 Å². The average Bonchev–Trinajstić information content (AvgIpc) is 2.54. The molecule has 2 aromatic carbocycles. The SMILES string of the molecule is COc1ccccc1C(=O)NC(C)c1ccccc1OC. The van der Waals surface area contributed by atoms with E-state index in [0.29, 0.717) is 11.3 Å². The molecule has 0 heterocycles. The van der Waals surface area contributed by atoms with Crippen LogP contribution in [0.15, 0.2) is 48.5 Å². The third-order valence-corrected chi connectivity index (χ3v) is 3.30. The van der Waals surface area contributed by atoms with Gasteiger partial charge in [0.2, 0.25) is 0 Å². The number of ether oxygens (including phenoxy) is 2. The van der Waals surface area contributed by atoms with Gasteiger partial charge in [-0.3, -0.25) is 4.79 Å². The van der Waals surface area contributed by atoms with Gasteiger partial charge in [0.25, 0.3) is 5.91 Å². The summed E-state index contributed by atoms with van der Waals surface area (Å²) in [5.41, 5.74) is 1.45. The molecule has 0 aliphatic rings. The number of rotatable bonds is 5. The number of carbonyl (C=O) groups is 1. The Balaban J connectivity index is 2.19. The minimum Gasteiger partial charge on any atom is -0.496 e. The monoisotopic (exact) mass is 285 g/mol. The van der Waals surface area contributed by atoms with Crippen molar-refractivity contribution >= 4 is 5.91 Å². The number of hydrogen-bond acceptors (Lipinski definition) is 3. The Morgan fingerprint density at radius 2 is 1.52 bits per heavy atom. The van der Waals surface area contributed by atoms with Crippen molar-refractivity contribution in [1.82, 2.24) is 5.32 Å². The van der Waals surface area contributed by atoms with Crippen LogP contribution < -0.4 is 14.8 Å². The molecule has 2 aromatic rings. The summed E-state index contributed by atoms with van der Waals surface area (Å²) in [7, 11) is 3.17. The van der Waals surface area contributed by atoms with E-state index in [0.717, 1.165) is 11.3 Å². The predicted molar refractivity (Wildman–Crippen MR) is 81.9 cm³/mol. The quantitative estimate of drug-likeness (QED) is 0.917. The van der Waals surface area contributed by atoms with Crippen LogP contribution in [0.3, 0.4) is 0 Å². The molecular weight excluding hydrogens is 266 g/mol. The highest BCUT2D eigenvalue weighted by molar-refractivity contribution is 5.97. The number of methoxy groups -OCH3 is 2. The number of carbonyl (C=O) groups excluding carboxylic acids is 1. The lowest BCUT2D eigenvalue weighted by atomic mass is 10.1. The average molecular weight is 285 g/mol. The molecule has 0 aliphatic carbocycles. The van der Waals surface area contributed by atoms with E-state index in [1.54, 1.807) is 26.4 Å². The maximum atomic E-state index is 12.4. The van der Waals surface area contributed by atoms with Gasteiger partial charge in [-0.1, -0.05) is 30.3 Å². The highest BCUT2D eigenvalue weighted by Gasteiger charge is 2.17. The van der Waals surface area contributed by atoms with Gasteiger partial charge in [-0.15, -0.1) is 0 Å². The van der Waals surface area contributed by atoms with Gasteiger partial charge in [0.05, 0.1) is 25.8 Å². The van der Waals surface area contributed by atoms with E-state index in [2.05, 4.69) is 5.32 Å². The fourth-order valence-electron chi connectivity index (χ4n) is 2.21. The topological polar surface area (TPSA) is 47.6 Å². The smallest absolute Gasteiger partial charge is 0.255 e. The molecule has 4 heteroatoms. The Bertz CT molecular complexity index is 625. The van der Waals surface area contributed by atoms with Crippen molar-refractivity contribution in [2.75, 3.05) is 14.2 Å². The molecule has 0 saturated heterocycles. The summed E-state index contributed by atoms with van der Waals surface area (Å²) >= 11 is 0. The van der Waals surface area contributed by atoms with Gasteiger partial charge in [-0.05, 0) is 25.1 Å². The van der Waals surface area contributed by atoms with E-state index in [9.17, 15) is 4.79 Å². The number of benzene rings is 2. The highest BCUT2D eigenvalue weighted by Crippen LogP contribution is 2.25. The first-order chi connectivity index (χ1) is 10.2. The summed E-state index contributed by atoms with van der Waals surface area (Å²) in [6.45, 7) is 1.92. The summed E-state index contributed by atoms with van der Waals surface area (Å²) in [5, 5.41) is 2.96. The van der Waals surface area contributed by atoms with Crippen molar-refractivity contribution in [3.63, 3.8) is 0 Å². The van der Waals surface area contributed by atoms with Gasteiger partial charge in [-0.25, -0.2) is 0 Å². The normalized spacial score (nSPS) is 11.6. The van der Waals surface area contributed by atoms with Crippen molar-refractivity contribution in [3.8, 4) is 11.5 Å². The Morgan fingerprint density at radius 3 is 2.19 bits per heavy atom. The molecule has 1 atom stereocenters. The van der Waals surface area contributed by atoms with Crippen LogP contribution in [0.25, 0.3) is 0 Å². The zero-order chi connectivity index (χ0) is 15.2. The first-order valence-corrected chi connectivity index (χ1v) is 6.74. The summed E-state index contributed by atoms with van der Waals surface area (Å²) in [6.07, 6.45) is 0. The zero-order valence-electron chi connectivity index (χ0n) is 12.4. The maximum Gasteiger partial charge on any atom is 0.255 e. The Kier molecular flexibility index (Phi) is 4.82. The zero-order valence-corrected chi connectivity index (χ0v) is 12.4. The predicted octanol–water partition coefficient (Wildman–Crippen LogP) is 3.19. The first-order valence-electron chi connectivity index (χ1n) is 6.74. The van der Waals surface area contributed by atoms with Crippen molar-refractivity contribution < 1.29 is 14.3 Å². The van der Waals surface area contributed by atoms with E-state index in [1.807, 2.05) is 43.3 Å². The molecule has 0 bridgehead atoms. The van der Waals surface area contributed by atoms with Crippen molar-refractivity contribution in [3.05, 3.63) is 59.7 Å². The van der Waals surface area contributed by atoms with Gasteiger partial charge >= 0.3 is 0 Å². The van der Waals surface area contributed by atoms with Crippen LogP contribution in [0, 0.1) is 0 Å². The molecule has 0 aliphatic heterocycles. The lowest BCUT2D eigenvalue weighted by Gasteiger charge is -2.18. The molecule has 21 heavy (non-hydrogen) atoms. The number of nitrogens with one attached hydrogen (secondary N) is 1. The van der Waals surface area contributed by atoms with Crippen LogP contribution in [0.1, 0.15) is 28.9 Å². The molecule has 2 rings (SSSR count). The first kappa shape index (κ1) is 14.9. The molecule has 0 saturated carbocycles. The van der Waals surface area contributed by atoms with Gasteiger partial charge in [0, 0.05) is 5.56 Å². The molecule has 4 nitrogen and oxygen atoms in total. The number of amides is 1. The third-order valence-electron chi connectivity index (χ3n) is 3.30. The minimum atomic E-state index is -0.175. The lowest BCUT2D eigenvalue weighted by molar-refractivity contribution is 0.0936. The van der Waals surface area contributed by atoms with Crippen LogP contribution in [0.4, 0.5) is 0 Å². The van der Waals surface area contributed by atoms with Gasteiger partial charge in [0.1, 0.15) is 11.5 Å². The van der Waals surface area contributed by atoms with Crippen molar-refractivity contribution in [2.24, 2.45) is 0 Å². The molecule has 0 fully saturated rings. The molecule has 0 radical (unpaired) electrons.